The highest BCUT2D eigenvalue weighted by Crippen LogP contribution is 2.37. The van der Waals surface area contributed by atoms with Crippen molar-refractivity contribution in [3.8, 4) is 22.8 Å². The maximum atomic E-state index is 12.8. The first-order valence-electron chi connectivity index (χ1n) is 10.4. The fourth-order valence-corrected chi connectivity index (χ4v) is 4.19. The lowest BCUT2D eigenvalue weighted by Crippen LogP contribution is -2.37. The molecule has 8 heteroatoms. The highest BCUT2D eigenvalue weighted by atomic mass is 16.7. The number of hydrogen-bond acceptors (Lipinski definition) is 6. The van der Waals surface area contributed by atoms with Gasteiger partial charge in [0.2, 0.25) is 0 Å². The molecule has 1 amide bonds. The molecule has 1 saturated heterocycles. The van der Waals surface area contributed by atoms with E-state index in [1.54, 1.807) is 32.0 Å². The minimum absolute atomic E-state index is 0.127. The molecule has 30 heavy (non-hydrogen) atoms. The molecule has 2 fully saturated rings. The van der Waals surface area contributed by atoms with Crippen molar-refractivity contribution in [2.75, 3.05) is 27.4 Å². The van der Waals surface area contributed by atoms with Crippen LogP contribution in [-0.4, -0.2) is 54.9 Å². The second-order valence-corrected chi connectivity index (χ2v) is 7.84. The van der Waals surface area contributed by atoms with Gasteiger partial charge in [-0.3, -0.25) is 9.48 Å². The molecule has 2 aliphatic rings. The van der Waals surface area contributed by atoms with Crippen LogP contribution in [0.25, 0.3) is 11.3 Å². The summed E-state index contributed by atoms with van der Waals surface area (Å²) < 4.78 is 24.4. The minimum atomic E-state index is -0.434. The van der Waals surface area contributed by atoms with Crippen LogP contribution in [0.4, 0.5) is 0 Å². The van der Waals surface area contributed by atoms with Crippen molar-refractivity contribution in [3.63, 3.8) is 0 Å². The van der Waals surface area contributed by atoms with E-state index in [-0.39, 0.29) is 12.0 Å². The number of amides is 1. The maximum absolute atomic E-state index is 12.8. The molecule has 0 bridgehead atoms. The van der Waals surface area contributed by atoms with Crippen molar-refractivity contribution in [2.45, 2.75) is 44.0 Å². The molecule has 0 unspecified atom stereocenters. The van der Waals surface area contributed by atoms with E-state index in [1.807, 2.05) is 18.2 Å². The quantitative estimate of drug-likeness (QED) is 0.781. The summed E-state index contributed by atoms with van der Waals surface area (Å²) in [4.78, 5) is 12.8. The number of carbonyl (C=O) groups is 1. The molecule has 1 aromatic carbocycles. The van der Waals surface area contributed by atoms with E-state index in [1.165, 1.54) is 6.42 Å². The number of methoxy groups -OCH3 is 2. The molecule has 1 aliphatic carbocycles. The number of nitrogens with one attached hydrogen (secondary N) is 1. The number of nitrogens with zero attached hydrogens (tertiary/aromatic N) is 2. The lowest BCUT2D eigenvalue weighted by Gasteiger charge is -2.31. The first-order chi connectivity index (χ1) is 14.5. The van der Waals surface area contributed by atoms with Gasteiger partial charge < -0.3 is 24.3 Å². The minimum Gasteiger partial charge on any atom is -0.497 e. The summed E-state index contributed by atoms with van der Waals surface area (Å²) in [6.45, 7) is 0.918. The average molecular weight is 415 g/mol. The van der Waals surface area contributed by atoms with Gasteiger partial charge in [-0.2, -0.15) is 5.10 Å². The Morgan fingerprint density at radius 1 is 1.23 bits per heavy atom. The molecule has 1 atom stereocenters. The zero-order chi connectivity index (χ0) is 21.1. The maximum Gasteiger partial charge on any atom is 0.269 e. The molecule has 2 heterocycles. The molecule has 2 aromatic rings. The Morgan fingerprint density at radius 2 is 2.03 bits per heavy atom. The molecule has 0 radical (unpaired) electrons. The summed E-state index contributed by atoms with van der Waals surface area (Å²) in [5.74, 6) is 0.718. The standard InChI is InChI=1S/C22H29N3O5/c1-25-19(12-18(24-25)17-11-15(27-2)7-8-20(17)28-3)21(26)23-13-16-14-29-22(30-16)9-5-4-6-10-22/h7-8,11-12,16H,4-6,9-10,13-14H2,1-3H3,(H,23,26)/t16-/m0/s1. The van der Waals surface area contributed by atoms with E-state index >= 15 is 0 Å². The van der Waals surface area contributed by atoms with Gasteiger partial charge in [-0.25, -0.2) is 0 Å². The summed E-state index contributed by atoms with van der Waals surface area (Å²) in [6.07, 6.45) is 5.24. The lowest BCUT2D eigenvalue weighted by molar-refractivity contribution is -0.186. The monoisotopic (exact) mass is 415 g/mol. The zero-order valence-electron chi connectivity index (χ0n) is 17.8. The lowest BCUT2D eigenvalue weighted by atomic mass is 9.94. The molecule has 4 rings (SSSR count). The number of benzene rings is 1. The van der Waals surface area contributed by atoms with Crippen molar-refractivity contribution in [1.82, 2.24) is 15.1 Å². The van der Waals surface area contributed by atoms with Crippen molar-refractivity contribution in [3.05, 3.63) is 30.0 Å². The first-order valence-corrected chi connectivity index (χ1v) is 10.4. The average Bonchev–Trinajstić information content (AvgIpc) is 3.35. The normalized spacial score (nSPS) is 20.3. The van der Waals surface area contributed by atoms with Crippen LogP contribution < -0.4 is 14.8 Å². The van der Waals surface area contributed by atoms with E-state index in [0.29, 0.717) is 36.0 Å². The van der Waals surface area contributed by atoms with E-state index in [0.717, 1.165) is 31.2 Å². The van der Waals surface area contributed by atoms with Gasteiger partial charge in [0.15, 0.2) is 5.79 Å². The van der Waals surface area contributed by atoms with Gasteiger partial charge in [-0.1, -0.05) is 6.42 Å². The van der Waals surface area contributed by atoms with E-state index in [2.05, 4.69) is 10.4 Å². The summed E-state index contributed by atoms with van der Waals surface area (Å²) in [5.41, 5.74) is 1.86. The van der Waals surface area contributed by atoms with Gasteiger partial charge >= 0.3 is 0 Å². The molecule has 1 aromatic heterocycles. The fourth-order valence-electron chi connectivity index (χ4n) is 4.19. The molecule has 1 saturated carbocycles. The van der Waals surface area contributed by atoms with Crippen molar-refractivity contribution >= 4 is 5.91 Å². The van der Waals surface area contributed by atoms with Gasteiger partial charge in [0.1, 0.15) is 23.3 Å². The number of aryl methyl sites for hydroxylation is 1. The predicted octanol–water partition coefficient (Wildman–Crippen LogP) is 2.91. The second-order valence-electron chi connectivity index (χ2n) is 7.84. The molecular weight excluding hydrogens is 386 g/mol. The number of ether oxygens (including phenoxy) is 4. The SMILES string of the molecule is COc1ccc(OC)c(-c2cc(C(=O)NC[C@H]3COC4(CCCCC4)O3)n(C)n2)c1. The van der Waals surface area contributed by atoms with Gasteiger partial charge in [-0.05, 0) is 37.1 Å². The summed E-state index contributed by atoms with van der Waals surface area (Å²) >= 11 is 0. The predicted molar refractivity (Wildman–Crippen MR) is 111 cm³/mol. The van der Waals surface area contributed by atoms with Crippen LogP contribution in [0.1, 0.15) is 42.6 Å². The molecule has 162 valence electrons. The zero-order valence-corrected chi connectivity index (χ0v) is 17.8. The molecule has 1 spiro atoms. The molecule has 1 aliphatic heterocycles. The largest absolute Gasteiger partial charge is 0.497 e. The Bertz CT molecular complexity index is 904. The van der Waals surface area contributed by atoms with Crippen LogP contribution in [-0.2, 0) is 16.5 Å². The van der Waals surface area contributed by atoms with Crippen LogP contribution in [0.2, 0.25) is 0 Å². The Morgan fingerprint density at radius 3 is 2.77 bits per heavy atom. The number of aromatic nitrogens is 2. The van der Waals surface area contributed by atoms with E-state index < -0.39 is 5.79 Å². The smallest absolute Gasteiger partial charge is 0.269 e. The Labute approximate surface area is 176 Å². The number of carbonyl (C=O) groups excluding carboxylic acids is 1. The summed E-state index contributed by atoms with van der Waals surface area (Å²) in [6, 6.07) is 7.24. The third-order valence-corrected chi connectivity index (χ3v) is 5.81. The van der Waals surface area contributed by atoms with Crippen LogP contribution in [0.5, 0.6) is 11.5 Å². The van der Waals surface area contributed by atoms with Crippen molar-refractivity contribution in [1.29, 1.82) is 0 Å². The van der Waals surface area contributed by atoms with Crippen LogP contribution in [0.3, 0.4) is 0 Å². The van der Waals surface area contributed by atoms with Gasteiger partial charge in [0.25, 0.3) is 5.91 Å². The van der Waals surface area contributed by atoms with E-state index in [4.69, 9.17) is 18.9 Å². The summed E-state index contributed by atoms with van der Waals surface area (Å²) in [5, 5.41) is 7.46. The van der Waals surface area contributed by atoms with Crippen LogP contribution in [0, 0.1) is 0 Å². The van der Waals surface area contributed by atoms with Gasteiger partial charge in [0.05, 0.1) is 26.5 Å². The van der Waals surface area contributed by atoms with Gasteiger partial charge in [0, 0.05) is 32.0 Å². The van der Waals surface area contributed by atoms with Crippen LogP contribution in [0.15, 0.2) is 24.3 Å². The topological polar surface area (TPSA) is 83.8 Å². The van der Waals surface area contributed by atoms with E-state index in [9.17, 15) is 4.79 Å². The van der Waals surface area contributed by atoms with Crippen LogP contribution >= 0.6 is 0 Å². The highest BCUT2D eigenvalue weighted by Gasteiger charge is 2.42. The fraction of sp³-hybridized carbons (Fsp3) is 0.545. The van der Waals surface area contributed by atoms with Gasteiger partial charge in [-0.15, -0.1) is 0 Å². The number of rotatable bonds is 6. The molecule has 1 N–H and O–H groups in total. The summed E-state index contributed by atoms with van der Waals surface area (Å²) in [7, 11) is 4.96. The highest BCUT2D eigenvalue weighted by molar-refractivity contribution is 5.94. The second kappa shape index (κ2) is 8.65. The Hall–Kier alpha value is -2.58. The number of hydrogen-bond donors (Lipinski definition) is 1. The Balaban J connectivity index is 1.43. The van der Waals surface area contributed by atoms with Crippen molar-refractivity contribution < 1.29 is 23.7 Å². The third kappa shape index (κ3) is 4.15. The van der Waals surface area contributed by atoms with Crippen molar-refractivity contribution in [2.24, 2.45) is 7.05 Å². The molecular formula is C22H29N3O5. The third-order valence-electron chi connectivity index (χ3n) is 5.81. The Kier molecular flexibility index (Phi) is 5.97. The molecule has 8 nitrogen and oxygen atoms in total. The first kappa shape index (κ1) is 20.7.